The van der Waals surface area contributed by atoms with Crippen LogP contribution in [0, 0.1) is 12.3 Å². The summed E-state index contributed by atoms with van der Waals surface area (Å²) in [5.74, 6) is 0.785. The zero-order chi connectivity index (χ0) is 9.26. The summed E-state index contributed by atoms with van der Waals surface area (Å²) in [6.45, 7) is 3.96. The fraction of sp³-hybridized carbons (Fsp3) is 0.556. The predicted octanol–water partition coefficient (Wildman–Crippen LogP) is 2.02. The van der Waals surface area contributed by atoms with E-state index in [-0.39, 0.29) is 0 Å². The van der Waals surface area contributed by atoms with E-state index in [0.29, 0.717) is 0 Å². The Labute approximate surface area is 81.9 Å². The third kappa shape index (κ3) is 1.72. The SMILES string of the molecule is Cc1ncsc1CN1CCCC1=N. The molecule has 1 aliphatic rings. The van der Waals surface area contributed by atoms with Crippen molar-refractivity contribution in [3.05, 3.63) is 16.1 Å². The molecule has 1 fully saturated rings. The summed E-state index contributed by atoms with van der Waals surface area (Å²) in [4.78, 5) is 7.64. The van der Waals surface area contributed by atoms with Crippen LogP contribution in [-0.2, 0) is 6.54 Å². The lowest BCUT2D eigenvalue weighted by molar-refractivity contribution is 0.449. The summed E-state index contributed by atoms with van der Waals surface area (Å²) in [7, 11) is 0. The van der Waals surface area contributed by atoms with Crippen LogP contribution in [0.15, 0.2) is 5.51 Å². The Bertz CT molecular complexity index is 318. The van der Waals surface area contributed by atoms with Crippen molar-refractivity contribution in [3.63, 3.8) is 0 Å². The molecule has 0 bridgehead atoms. The Morgan fingerprint density at radius 3 is 3.08 bits per heavy atom. The average Bonchev–Trinajstić information content (AvgIpc) is 2.65. The molecule has 0 aromatic carbocycles. The van der Waals surface area contributed by atoms with Crippen molar-refractivity contribution in [2.45, 2.75) is 26.3 Å². The number of hydrogen-bond acceptors (Lipinski definition) is 3. The van der Waals surface area contributed by atoms with E-state index in [1.807, 2.05) is 12.4 Å². The highest BCUT2D eigenvalue weighted by atomic mass is 32.1. The summed E-state index contributed by atoms with van der Waals surface area (Å²) in [5.41, 5.74) is 2.99. The topological polar surface area (TPSA) is 40.0 Å². The van der Waals surface area contributed by atoms with Crippen molar-refractivity contribution in [3.8, 4) is 0 Å². The molecular weight excluding hydrogens is 182 g/mol. The summed E-state index contributed by atoms with van der Waals surface area (Å²) in [5, 5.41) is 7.69. The third-order valence-electron chi connectivity index (χ3n) is 2.40. The molecule has 0 amide bonds. The maximum Gasteiger partial charge on any atom is 0.0961 e. The molecule has 0 saturated carbocycles. The second-order valence-corrected chi connectivity index (χ2v) is 4.27. The van der Waals surface area contributed by atoms with E-state index < -0.39 is 0 Å². The number of amidine groups is 1. The van der Waals surface area contributed by atoms with Crippen LogP contribution >= 0.6 is 11.3 Å². The first-order valence-electron chi connectivity index (χ1n) is 4.48. The van der Waals surface area contributed by atoms with Crippen molar-refractivity contribution >= 4 is 17.2 Å². The highest BCUT2D eigenvalue weighted by Gasteiger charge is 2.17. The molecule has 1 aromatic heterocycles. The van der Waals surface area contributed by atoms with Crippen LogP contribution < -0.4 is 0 Å². The van der Waals surface area contributed by atoms with Gasteiger partial charge in [0.25, 0.3) is 0 Å². The van der Waals surface area contributed by atoms with Gasteiger partial charge in [-0.15, -0.1) is 11.3 Å². The molecule has 0 unspecified atom stereocenters. The van der Waals surface area contributed by atoms with Crippen molar-refractivity contribution in [1.82, 2.24) is 9.88 Å². The highest BCUT2D eigenvalue weighted by molar-refractivity contribution is 7.09. The van der Waals surface area contributed by atoms with E-state index in [4.69, 9.17) is 5.41 Å². The number of nitrogens with zero attached hydrogens (tertiary/aromatic N) is 2. The molecule has 4 heteroatoms. The lowest BCUT2D eigenvalue weighted by Gasteiger charge is -2.16. The van der Waals surface area contributed by atoms with Crippen LogP contribution in [-0.4, -0.2) is 22.3 Å². The molecule has 0 atom stereocenters. The fourth-order valence-electron chi connectivity index (χ4n) is 1.56. The minimum Gasteiger partial charge on any atom is -0.355 e. The van der Waals surface area contributed by atoms with Gasteiger partial charge in [-0.3, -0.25) is 5.41 Å². The Morgan fingerprint density at radius 1 is 1.69 bits per heavy atom. The first kappa shape index (κ1) is 8.69. The molecular formula is C9H13N3S. The standard InChI is InChI=1S/C9H13N3S/c1-7-8(13-6-11-7)5-12-4-2-3-9(12)10/h6,10H,2-5H2,1H3. The van der Waals surface area contributed by atoms with E-state index in [2.05, 4.69) is 9.88 Å². The number of aromatic nitrogens is 1. The van der Waals surface area contributed by atoms with Gasteiger partial charge in [-0.2, -0.15) is 0 Å². The Balaban J connectivity index is 2.06. The highest BCUT2D eigenvalue weighted by Crippen LogP contribution is 2.19. The zero-order valence-corrected chi connectivity index (χ0v) is 8.52. The number of thiazole rings is 1. The number of nitrogens with one attached hydrogen (secondary N) is 1. The molecule has 1 N–H and O–H groups in total. The third-order valence-corrected chi connectivity index (χ3v) is 3.32. The molecule has 2 heterocycles. The zero-order valence-electron chi connectivity index (χ0n) is 7.71. The molecule has 0 spiro atoms. The van der Waals surface area contributed by atoms with Crippen molar-refractivity contribution in [2.24, 2.45) is 0 Å². The van der Waals surface area contributed by atoms with E-state index in [0.717, 1.165) is 37.5 Å². The van der Waals surface area contributed by atoms with Gasteiger partial charge in [0.1, 0.15) is 0 Å². The smallest absolute Gasteiger partial charge is 0.0961 e. The van der Waals surface area contributed by atoms with E-state index in [9.17, 15) is 0 Å². The molecule has 0 radical (unpaired) electrons. The molecule has 3 nitrogen and oxygen atoms in total. The molecule has 13 heavy (non-hydrogen) atoms. The number of rotatable bonds is 2. The van der Waals surface area contributed by atoms with Crippen LogP contribution in [0.1, 0.15) is 23.4 Å². The van der Waals surface area contributed by atoms with Crippen LogP contribution in [0.5, 0.6) is 0 Å². The fourth-order valence-corrected chi connectivity index (χ4v) is 2.35. The Morgan fingerprint density at radius 2 is 2.54 bits per heavy atom. The first-order valence-corrected chi connectivity index (χ1v) is 5.36. The first-order chi connectivity index (χ1) is 6.27. The maximum absolute atomic E-state index is 7.69. The number of hydrogen-bond donors (Lipinski definition) is 1. The predicted molar refractivity (Wildman–Crippen MR) is 54.2 cm³/mol. The van der Waals surface area contributed by atoms with Crippen molar-refractivity contribution in [2.75, 3.05) is 6.54 Å². The average molecular weight is 195 g/mol. The lowest BCUT2D eigenvalue weighted by atomic mass is 10.3. The summed E-state index contributed by atoms with van der Waals surface area (Å²) >= 11 is 1.69. The van der Waals surface area contributed by atoms with Crippen molar-refractivity contribution < 1.29 is 0 Å². The quantitative estimate of drug-likeness (QED) is 0.784. The molecule has 70 valence electrons. The summed E-state index contributed by atoms with van der Waals surface area (Å²) in [6, 6.07) is 0. The second kappa shape index (κ2) is 3.46. The van der Waals surface area contributed by atoms with Gasteiger partial charge in [-0.25, -0.2) is 4.98 Å². The van der Waals surface area contributed by atoms with Crippen LogP contribution in [0.25, 0.3) is 0 Å². The van der Waals surface area contributed by atoms with Crippen LogP contribution in [0.4, 0.5) is 0 Å². The van der Waals surface area contributed by atoms with Crippen molar-refractivity contribution in [1.29, 1.82) is 5.41 Å². The molecule has 1 aliphatic heterocycles. The summed E-state index contributed by atoms with van der Waals surface area (Å²) < 4.78 is 0. The van der Waals surface area contributed by atoms with Gasteiger partial charge in [-0.1, -0.05) is 0 Å². The van der Waals surface area contributed by atoms with Gasteiger partial charge >= 0.3 is 0 Å². The molecule has 0 aliphatic carbocycles. The van der Waals surface area contributed by atoms with Gasteiger partial charge in [0.05, 0.1) is 23.6 Å². The minimum atomic E-state index is 0.785. The Kier molecular flexibility index (Phi) is 2.31. The largest absolute Gasteiger partial charge is 0.355 e. The van der Waals surface area contributed by atoms with E-state index in [1.165, 1.54) is 4.88 Å². The summed E-state index contributed by atoms with van der Waals surface area (Å²) in [6.07, 6.45) is 2.08. The van der Waals surface area contributed by atoms with Gasteiger partial charge in [0.2, 0.25) is 0 Å². The lowest BCUT2D eigenvalue weighted by Crippen LogP contribution is -2.23. The molecule has 1 aromatic rings. The second-order valence-electron chi connectivity index (χ2n) is 3.33. The number of aryl methyl sites for hydroxylation is 1. The van der Waals surface area contributed by atoms with Gasteiger partial charge in [-0.05, 0) is 13.3 Å². The van der Waals surface area contributed by atoms with E-state index in [1.54, 1.807) is 11.3 Å². The van der Waals surface area contributed by atoms with Gasteiger partial charge in [0.15, 0.2) is 0 Å². The monoisotopic (exact) mass is 195 g/mol. The van der Waals surface area contributed by atoms with Gasteiger partial charge < -0.3 is 4.90 Å². The van der Waals surface area contributed by atoms with Crippen LogP contribution in [0.2, 0.25) is 0 Å². The van der Waals surface area contributed by atoms with E-state index >= 15 is 0 Å². The number of likely N-dealkylation sites (tertiary alicyclic amines) is 1. The maximum atomic E-state index is 7.69. The molecule has 2 rings (SSSR count). The van der Waals surface area contributed by atoms with Crippen LogP contribution in [0.3, 0.4) is 0 Å². The minimum absolute atomic E-state index is 0.785. The molecule has 1 saturated heterocycles. The normalized spacial score (nSPS) is 17.0. The Hall–Kier alpha value is -0.900. The van der Waals surface area contributed by atoms with Gasteiger partial charge in [0, 0.05) is 17.8 Å².